The molecule has 1 aliphatic rings. The molecule has 3 nitrogen and oxygen atoms in total. The number of anilines is 1. The summed E-state index contributed by atoms with van der Waals surface area (Å²) in [5.74, 6) is 1.48. The van der Waals surface area contributed by atoms with E-state index < -0.39 is 0 Å². The molecule has 2 rings (SSSR count). The summed E-state index contributed by atoms with van der Waals surface area (Å²) in [6, 6.07) is 0.163. The normalized spacial score (nSPS) is 18.3. The fourth-order valence-corrected chi connectivity index (χ4v) is 3.93. The van der Waals surface area contributed by atoms with Crippen molar-refractivity contribution in [3.05, 3.63) is 10.6 Å². The highest BCUT2D eigenvalue weighted by atomic mass is 32.1. The number of thiazole rings is 1. The Morgan fingerprint density at radius 2 is 1.81 bits per heavy atom. The Morgan fingerprint density at radius 1 is 1.19 bits per heavy atom. The van der Waals surface area contributed by atoms with Crippen molar-refractivity contribution in [2.75, 3.05) is 18.0 Å². The summed E-state index contributed by atoms with van der Waals surface area (Å²) >= 11 is 1.89. The third-order valence-corrected chi connectivity index (χ3v) is 5.40. The molecule has 0 amide bonds. The molecule has 0 aromatic carbocycles. The zero-order chi connectivity index (χ0) is 15.4. The highest BCUT2D eigenvalue weighted by molar-refractivity contribution is 7.15. The van der Waals surface area contributed by atoms with Gasteiger partial charge >= 0.3 is 0 Å². The maximum absolute atomic E-state index is 6.23. The van der Waals surface area contributed by atoms with Crippen LogP contribution in [0.2, 0.25) is 0 Å². The van der Waals surface area contributed by atoms with Gasteiger partial charge in [-0.05, 0) is 43.9 Å². The molecule has 4 heteroatoms. The summed E-state index contributed by atoms with van der Waals surface area (Å²) in [5, 5.41) is 1.21. The number of aromatic nitrogens is 1. The molecule has 0 bridgehead atoms. The lowest BCUT2D eigenvalue weighted by molar-refractivity contribution is 0.532. The van der Waals surface area contributed by atoms with Crippen LogP contribution in [0.25, 0.3) is 0 Å². The van der Waals surface area contributed by atoms with E-state index >= 15 is 0 Å². The minimum absolute atomic E-state index is 0.163. The summed E-state index contributed by atoms with van der Waals surface area (Å²) in [4.78, 5) is 8.84. The molecule has 1 heterocycles. The summed E-state index contributed by atoms with van der Waals surface area (Å²) in [5.41, 5.74) is 7.41. The van der Waals surface area contributed by atoms with Gasteiger partial charge in [-0.1, -0.05) is 27.7 Å². The van der Waals surface area contributed by atoms with Gasteiger partial charge in [0.1, 0.15) is 0 Å². The first-order valence-corrected chi connectivity index (χ1v) is 9.29. The highest BCUT2D eigenvalue weighted by Gasteiger charge is 2.23. The van der Waals surface area contributed by atoms with E-state index in [1.165, 1.54) is 41.4 Å². The van der Waals surface area contributed by atoms with E-state index in [1.54, 1.807) is 0 Å². The summed E-state index contributed by atoms with van der Waals surface area (Å²) in [7, 11) is 0. The van der Waals surface area contributed by atoms with Gasteiger partial charge in [-0.15, -0.1) is 11.3 Å². The van der Waals surface area contributed by atoms with Crippen LogP contribution < -0.4 is 10.6 Å². The quantitative estimate of drug-likeness (QED) is 0.813. The highest BCUT2D eigenvalue weighted by Crippen LogP contribution is 2.36. The average Bonchev–Trinajstić information content (AvgIpc) is 2.83. The van der Waals surface area contributed by atoms with Crippen LogP contribution in [-0.4, -0.2) is 18.1 Å². The van der Waals surface area contributed by atoms with E-state index in [2.05, 4.69) is 32.6 Å². The third kappa shape index (κ3) is 4.68. The molecule has 0 spiro atoms. The van der Waals surface area contributed by atoms with Crippen molar-refractivity contribution in [3.63, 3.8) is 0 Å². The first-order valence-electron chi connectivity index (χ1n) is 8.47. The molecule has 1 unspecified atom stereocenters. The lowest BCUT2D eigenvalue weighted by atomic mass is 9.99. The van der Waals surface area contributed by atoms with E-state index in [-0.39, 0.29) is 6.04 Å². The van der Waals surface area contributed by atoms with Gasteiger partial charge < -0.3 is 10.6 Å². The minimum atomic E-state index is 0.163. The van der Waals surface area contributed by atoms with E-state index in [4.69, 9.17) is 10.7 Å². The van der Waals surface area contributed by atoms with Crippen LogP contribution in [0.4, 0.5) is 5.13 Å². The van der Waals surface area contributed by atoms with Gasteiger partial charge in [0.05, 0.1) is 5.69 Å². The molecule has 1 aromatic rings. The number of fused-ring (bicyclic) bond motifs is 1. The largest absolute Gasteiger partial charge is 0.348 e. The molecule has 2 N–H and O–H groups in total. The standard InChI is InChI=1S/C17H31N3S/c1-12(2)8-10-20(11-9-13(3)4)17-19-16-14(18)6-5-7-15(16)21-17/h12-14H,5-11,18H2,1-4H3. The number of hydrogen-bond acceptors (Lipinski definition) is 4. The molecule has 0 aliphatic heterocycles. The van der Waals surface area contributed by atoms with Crippen LogP contribution in [0.5, 0.6) is 0 Å². The Balaban J connectivity index is 2.11. The van der Waals surface area contributed by atoms with Gasteiger partial charge in [0.2, 0.25) is 0 Å². The molecular weight excluding hydrogens is 278 g/mol. The average molecular weight is 310 g/mol. The van der Waals surface area contributed by atoms with E-state index in [1.807, 2.05) is 11.3 Å². The zero-order valence-corrected chi connectivity index (χ0v) is 14.9. The molecular formula is C17H31N3S. The van der Waals surface area contributed by atoms with Crippen molar-refractivity contribution in [1.82, 2.24) is 4.98 Å². The van der Waals surface area contributed by atoms with Crippen LogP contribution >= 0.6 is 11.3 Å². The lowest BCUT2D eigenvalue weighted by Crippen LogP contribution is -2.27. The van der Waals surface area contributed by atoms with Crippen molar-refractivity contribution >= 4 is 16.5 Å². The predicted molar refractivity (Wildman–Crippen MR) is 93.1 cm³/mol. The smallest absolute Gasteiger partial charge is 0.185 e. The van der Waals surface area contributed by atoms with Crippen molar-refractivity contribution in [2.24, 2.45) is 17.6 Å². The van der Waals surface area contributed by atoms with Gasteiger partial charge in [-0.2, -0.15) is 0 Å². The Bertz CT molecular complexity index is 427. The molecule has 0 fully saturated rings. The van der Waals surface area contributed by atoms with Crippen LogP contribution in [0.15, 0.2) is 0 Å². The van der Waals surface area contributed by atoms with Gasteiger partial charge in [-0.3, -0.25) is 0 Å². The van der Waals surface area contributed by atoms with E-state index in [0.717, 1.165) is 31.3 Å². The Labute approximate surface area is 133 Å². The number of nitrogens with two attached hydrogens (primary N) is 1. The van der Waals surface area contributed by atoms with Crippen molar-refractivity contribution in [1.29, 1.82) is 0 Å². The van der Waals surface area contributed by atoms with Crippen molar-refractivity contribution < 1.29 is 0 Å². The molecule has 0 radical (unpaired) electrons. The van der Waals surface area contributed by atoms with Gasteiger partial charge in [0.15, 0.2) is 5.13 Å². The van der Waals surface area contributed by atoms with Gasteiger partial charge in [0, 0.05) is 24.0 Å². The fourth-order valence-electron chi connectivity index (χ4n) is 2.71. The van der Waals surface area contributed by atoms with Crippen LogP contribution in [0.1, 0.15) is 70.0 Å². The third-order valence-electron chi connectivity index (χ3n) is 4.21. The second kappa shape index (κ2) is 7.59. The Morgan fingerprint density at radius 3 is 2.33 bits per heavy atom. The summed E-state index contributed by atoms with van der Waals surface area (Å²) in [6.07, 6.45) is 5.94. The topological polar surface area (TPSA) is 42.2 Å². The van der Waals surface area contributed by atoms with Gasteiger partial charge in [-0.25, -0.2) is 4.98 Å². The second-order valence-electron chi connectivity index (χ2n) is 7.16. The summed E-state index contributed by atoms with van der Waals surface area (Å²) < 4.78 is 0. The molecule has 0 saturated heterocycles. The van der Waals surface area contributed by atoms with Gasteiger partial charge in [0.25, 0.3) is 0 Å². The first kappa shape index (κ1) is 16.8. The second-order valence-corrected chi connectivity index (χ2v) is 8.22. The summed E-state index contributed by atoms with van der Waals surface area (Å²) in [6.45, 7) is 11.4. The Kier molecular flexibility index (Phi) is 6.06. The van der Waals surface area contributed by atoms with Crippen molar-refractivity contribution in [3.8, 4) is 0 Å². The van der Waals surface area contributed by atoms with E-state index in [9.17, 15) is 0 Å². The lowest BCUT2D eigenvalue weighted by Gasteiger charge is -2.23. The van der Waals surface area contributed by atoms with Crippen LogP contribution in [0.3, 0.4) is 0 Å². The molecule has 120 valence electrons. The molecule has 1 aromatic heterocycles. The monoisotopic (exact) mass is 309 g/mol. The number of rotatable bonds is 7. The van der Waals surface area contributed by atoms with Crippen molar-refractivity contribution in [2.45, 2.75) is 65.8 Å². The minimum Gasteiger partial charge on any atom is -0.348 e. The Hall–Kier alpha value is -0.610. The number of aryl methyl sites for hydroxylation is 1. The predicted octanol–water partition coefficient (Wildman–Crippen LogP) is 4.38. The number of hydrogen-bond donors (Lipinski definition) is 1. The maximum Gasteiger partial charge on any atom is 0.185 e. The van der Waals surface area contributed by atoms with Crippen LogP contribution in [0, 0.1) is 11.8 Å². The maximum atomic E-state index is 6.23. The molecule has 1 atom stereocenters. The van der Waals surface area contributed by atoms with E-state index in [0.29, 0.717) is 0 Å². The fraction of sp³-hybridized carbons (Fsp3) is 0.824. The molecule has 0 saturated carbocycles. The zero-order valence-electron chi connectivity index (χ0n) is 14.1. The molecule has 1 aliphatic carbocycles. The molecule has 21 heavy (non-hydrogen) atoms. The first-order chi connectivity index (χ1) is 9.97. The number of nitrogens with zero attached hydrogens (tertiary/aromatic N) is 2. The van der Waals surface area contributed by atoms with Crippen LogP contribution in [-0.2, 0) is 6.42 Å². The SMILES string of the molecule is CC(C)CCN(CCC(C)C)c1nc2c(s1)CCCC2N.